The number of carbonyl (C=O) groups excluding carboxylic acids is 2. The number of benzene rings is 1. The van der Waals surface area contributed by atoms with Gasteiger partial charge >= 0.3 is 0 Å². The number of hydrogen-bond acceptors (Lipinski definition) is 4. The highest BCUT2D eigenvalue weighted by atomic mass is 16.5. The second-order valence-corrected chi connectivity index (χ2v) is 6.13. The van der Waals surface area contributed by atoms with Crippen LogP contribution in [0.1, 0.15) is 54.5 Å². The molecule has 144 valence electrons. The van der Waals surface area contributed by atoms with Crippen molar-refractivity contribution in [3.63, 3.8) is 0 Å². The number of ether oxygens (including phenoxy) is 1. The molecule has 0 radical (unpaired) electrons. The molecule has 0 aliphatic rings. The summed E-state index contributed by atoms with van der Waals surface area (Å²) >= 11 is 0. The van der Waals surface area contributed by atoms with E-state index >= 15 is 0 Å². The van der Waals surface area contributed by atoms with Crippen LogP contribution in [0.4, 0.5) is 5.69 Å². The number of anilines is 1. The van der Waals surface area contributed by atoms with E-state index in [4.69, 9.17) is 4.74 Å². The molecule has 1 heterocycles. The minimum atomic E-state index is -0.284. The first kappa shape index (κ1) is 20.4. The zero-order chi connectivity index (χ0) is 19.6. The van der Waals surface area contributed by atoms with Gasteiger partial charge in [-0.2, -0.15) is 0 Å². The number of aromatic nitrogens is 1. The van der Waals surface area contributed by atoms with Crippen LogP contribution >= 0.6 is 0 Å². The van der Waals surface area contributed by atoms with Crippen LogP contribution in [0.15, 0.2) is 42.6 Å². The van der Waals surface area contributed by atoms with Crippen molar-refractivity contribution in [3.05, 3.63) is 53.9 Å². The third-order valence-corrected chi connectivity index (χ3v) is 3.94. The maximum Gasteiger partial charge on any atom is 0.272 e. The number of hydrogen-bond donors (Lipinski definition) is 1. The smallest absolute Gasteiger partial charge is 0.272 e. The molecule has 1 aromatic carbocycles. The van der Waals surface area contributed by atoms with Gasteiger partial charge in [0, 0.05) is 30.5 Å². The van der Waals surface area contributed by atoms with Crippen molar-refractivity contribution in [3.8, 4) is 5.75 Å². The van der Waals surface area contributed by atoms with E-state index < -0.39 is 0 Å². The predicted molar refractivity (Wildman–Crippen MR) is 106 cm³/mol. The molecule has 27 heavy (non-hydrogen) atoms. The molecular formula is C21H27N3O3. The first-order chi connectivity index (χ1) is 13.1. The second-order valence-electron chi connectivity index (χ2n) is 6.13. The van der Waals surface area contributed by atoms with E-state index in [0.717, 1.165) is 18.6 Å². The fourth-order valence-corrected chi connectivity index (χ4v) is 2.71. The molecule has 0 aliphatic carbocycles. The van der Waals surface area contributed by atoms with Gasteiger partial charge in [0.2, 0.25) is 0 Å². The van der Waals surface area contributed by atoms with E-state index in [1.165, 1.54) is 6.20 Å². The molecule has 2 amide bonds. The van der Waals surface area contributed by atoms with Gasteiger partial charge in [-0.25, -0.2) is 0 Å². The third kappa shape index (κ3) is 5.81. The first-order valence-corrected chi connectivity index (χ1v) is 9.38. The maximum atomic E-state index is 12.7. The van der Waals surface area contributed by atoms with Crippen LogP contribution in [-0.4, -0.2) is 41.4 Å². The quantitative estimate of drug-likeness (QED) is 0.725. The molecule has 0 unspecified atom stereocenters. The Morgan fingerprint density at radius 3 is 2.30 bits per heavy atom. The molecule has 0 bridgehead atoms. The third-order valence-electron chi connectivity index (χ3n) is 3.94. The molecule has 0 fully saturated rings. The number of carbonyl (C=O) groups is 2. The summed E-state index contributed by atoms with van der Waals surface area (Å²) in [4.78, 5) is 31.1. The van der Waals surface area contributed by atoms with E-state index in [1.54, 1.807) is 41.3 Å². The van der Waals surface area contributed by atoms with E-state index in [1.807, 2.05) is 20.8 Å². The first-order valence-electron chi connectivity index (χ1n) is 9.38. The summed E-state index contributed by atoms with van der Waals surface area (Å²) in [5.41, 5.74) is 1.35. The topological polar surface area (TPSA) is 71.5 Å². The Bertz CT molecular complexity index is 754. The number of nitrogens with one attached hydrogen (secondary N) is 1. The van der Waals surface area contributed by atoms with Crippen molar-refractivity contribution in [2.45, 2.75) is 33.6 Å². The molecule has 0 spiro atoms. The highest BCUT2D eigenvalue weighted by Crippen LogP contribution is 2.17. The molecule has 6 heteroatoms. The Balaban J connectivity index is 2.11. The fraction of sp³-hybridized carbons (Fsp3) is 0.381. The van der Waals surface area contributed by atoms with Gasteiger partial charge < -0.3 is 15.0 Å². The number of amides is 2. The van der Waals surface area contributed by atoms with Crippen LogP contribution in [0, 0.1) is 0 Å². The van der Waals surface area contributed by atoms with E-state index in [-0.39, 0.29) is 17.5 Å². The lowest BCUT2D eigenvalue weighted by atomic mass is 10.2. The Hall–Kier alpha value is -2.89. The van der Waals surface area contributed by atoms with E-state index in [0.29, 0.717) is 30.9 Å². The molecule has 0 atom stereocenters. The lowest BCUT2D eigenvalue weighted by Gasteiger charge is -2.21. The van der Waals surface area contributed by atoms with Crippen molar-refractivity contribution in [2.24, 2.45) is 0 Å². The largest absolute Gasteiger partial charge is 0.494 e. The summed E-state index contributed by atoms with van der Waals surface area (Å²) in [6, 6.07) is 10.3. The monoisotopic (exact) mass is 369 g/mol. The van der Waals surface area contributed by atoms with Crippen LogP contribution in [0.3, 0.4) is 0 Å². The SMILES string of the molecule is CCCN(CCC)C(=O)c1cc(C(=O)Nc2ccc(OCC)cc2)ccn1. The average Bonchev–Trinajstić information content (AvgIpc) is 2.69. The zero-order valence-corrected chi connectivity index (χ0v) is 16.2. The zero-order valence-electron chi connectivity index (χ0n) is 16.2. The number of nitrogens with zero attached hydrogens (tertiary/aromatic N) is 2. The Morgan fingerprint density at radius 1 is 1.04 bits per heavy atom. The van der Waals surface area contributed by atoms with Crippen LogP contribution in [-0.2, 0) is 0 Å². The van der Waals surface area contributed by atoms with Gasteiger partial charge in [-0.3, -0.25) is 14.6 Å². The highest BCUT2D eigenvalue weighted by Gasteiger charge is 2.17. The van der Waals surface area contributed by atoms with Crippen LogP contribution < -0.4 is 10.1 Å². The molecule has 6 nitrogen and oxygen atoms in total. The van der Waals surface area contributed by atoms with Crippen molar-refractivity contribution >= 4 is 17.5 Å². The molecule has 2 rings (SSSR count). The van der Waals surface area contributed by atoms with Crippen molar-refractivity contribution in [1.82, 2.24) is 9.88 Å². The Labute approximate surface area is 160 Å². The van der Waals surface area contributed by atoms with Crippen LogP contribution in [0.5, 0.6) is 5.75 Å². The molecular weight excluding hydrogens is 342 g/mol. The van der Waals surface area contributed by atoms with Crippen molar-refractivity contribution in [1.29, 1.82) is 0 Å². The summed E-state index contributed by atoms with van der Waals surface area (Å²) in [6.07, 6.45) is 3.25. The lowest BCUT2D eigenvalue weighted by molar-refractivity contribution is 0.0749. The summed E-state index contributed by atoms with van der Waals surface area (Å²) < 4.78 is 5.39. The van der Waals surface area contributed by atoms with E-state index in [2.05, 4.69) is 10.3 Å². The molecule has 2 aromatic rings. The lowest BCUT2D eigenvalue weighted by Crippen LogP contribution is -2.33. The molecule has 0 saturated heterocycles. The van der Waals surface area contributed by atoms with Crippen LogP contribution in [0.2, 0.25) is 0 Å². The fourth-order valence-electron chi connectivity index (χ4n) is 2.71. The number of pyridine rings is 1. The minimum Gasteiger partial charge on any atom is -0.494 e. The maximum absolute atomic E-state index is 12.7. The number of rotatable bonds is 9. The second kappa shape index (κ2) is 10.3. The average molecular weight is 369 g/mol. The highest BCUT2D eigenvalue weighted by molar-refractivity contribution is 6.05. The van der Waals surface area contributed by atoms with Gasteiger partial charge in [-0.1, -0.05) is 13.8 Å². The van der Waals surface area contributed by atoms with Gasteiger partial charge in [0.15, 0.2) is 0 Å². The minimum absolute atomic E-state index is 0.144. The van der Waals surface area contributed by atoms with Gasteiger partial charge in [-0.05, 0) is 56.2 Å². The van der Waals surface area contributed by atoms with Crippen molar-refractivity contribution < 1.29 is 14.3 Å². The van der Waals surface area contributed by atoms with Gasteiger partial charge in [0.1, 0.15) is 11.4 Å². The standard InChI is InChI=1S/C21H27N3O3/c1-4-13-24(14-5-2)21(26)19-15-16(11-12-22-19)20(25)23-17-7-9-18(10-8-17)27-6-3/h7-12,15H,4-6,13-14H2,1-3H3,(H,23,25). The molecule has 1 aromatic heterocycles. The van der Waals surface area contributed by atoms with E-state index in [9.17, 15) is 9.59 Å². The Kier molecular flexibility index (Phi) is 7.79. The molecule has 1 N–H and O–H groups in total. The van der Waals surface area contributed by atoms with Gasteiger partial charge in [0.05, 0.1) is 6.61 Å². The predicted octanol–water partition coefficient (Wildman–Crippen LogP) is 3.99. The normalized spacial score (nSPS) is 10.3. The van der Waals surface area contributed by atoms with Crippen LogP contribution in [0.25, 0.3) is 0 Å². The summed E-state index contributed by atoms with van der Waals surface area (Å²) in [7, 11) is 0. The molecule has 0 saturated carbocycles. The van der Waals surface area contributed by atoms with Gasteiger partial charge in [0.25, 0.3) is 11.8 Å². The van der Waals surface area contributed by atoms with Crippen molar-refractivity contribution in [2.75, 3.05) is 25.0 Å². The summed E-state index contributed by atoms with van der Waals surface area (Å²) in [5, 5.41) is 2.83. The summed E-state index contributed by atoms with van der Waals surface area (Å²) in [6.45, 7) is 7.93. The molecule has 0 aliphatic heterocycles. The van der Waals surface area contributed by atoms with Gasteiger partial charge in [-0.15, -0.1) is 0 Å². The Morgan fingerprint density at radius 2 is 1.70 bits per heavy atom. The summed E-state index contributed by atoms with van der Waals surface area (Å²) in [5.74, 6) is 0.321.